The number of esters is 1. The Bertz CT molecular complexity index is 1080. The zero-order chi connectivity index (χ0) is 30.8. The molecule has 240 valence electrons. The van der Waals surface area contributed by atoms with E-state index in [2.05, 4.69) is 41.5 Å². The standard InChI is InChI=1S/C35H58O7/c1-19(2)15-27(37)42-26-11-12-32(7)23-10-13-34-18-35(34,33(23,8)25(36)17-24(32)30(26,3)4)14-9-21(34)20-16-22(41-29(20)39)28(38)31(5,6)40/h19-26,28-29,36,38-40H,9-18H2,1-8H3/t20-,21-,22+,23+,24-,25+,26-,28-,29-,32+,33-,34+,35+/m0/s1. The second-order valence-electron chi connectivity index (χ2n) is 17.7. The maximum absolute atomic E-state index is 12.7. The number of hydrogen-bond donors (Lipinski definition) is 4. The maximum Gasteiger partial charge on any atom is 0.306 e. The summed E-state index contributed by atoms with van der Waals surface area (Å²) in [6.45, 7) is 16.7. The Balaban J connectivity index is 1.25. The molecule has 1 saturated heterocycles. The van der Waals surface area contributed by atoms with E-state index < -0.39 is 30.2 Å². The van der Waals surface area contributed by atoms with Crippen LogP contribution in [0.4, 0.5) is 0 Å². The molecule has 0 amide bonds. The van der Waals surface area contributed by atoms with Crippen molar-refractivity contribution in [2.45, 2.75) is 156 Å². The molecule has 6 aliphatic rings. The van der Waals surface area contributed by atoms with E-state index in [4.69, 9.17) is 9.47 Å². The molecular weight excluding hydrogens is 532 g/mol. The molecule has 0 radical (unpaired) electrons. The average molecular weight is 591 g/mol. The van der Waals surface area contributed by atoms with E-state index in [1.54, 1.807) is 13.8 Å². The van der Waals surface area contributed by atoms with Crippen molar-refractivity contribution >= 4 is 5.97 Å². The Morgan fingerprint density at radius 3 is 2.33 bits per heavy atom. The Morgan fingerprint density at radius 1 is 1.00 bits per heavy atom. The van der Waals surface area contributed by atoms with Crippen LogP contribution in [0.5, 0.6) is 0 Å². The molecule has 1 heterocycles. The lowest BCUT2D eigenvalue weighted by molar-refractivity contribution is -0.246. The minimum atomic E-state index is -1.29. The highest BCUT2D eigenvalue weighted by atomic mass is 16.6. The monoisotopic (exact) mass is 590 g/mol. The highest BCUT2D eigenvalue weighted by Crippen LogP contribution is 2.91. The molecule has 1 aliphatic heterocycles. The average Bonchev–Trinajstić information content (AvgIpc) is 3.24. The summed E-state index contributed by atoms with van der Waals surface area (Å²) in [5, 5.41) is 44.5. The molecule has 0 bridgehead atoms. The molecule has 0 spiro atoms. The highest BCUT2D eigenvalue weighted by Gasteiger charge is 2.85. The molecule has 42 heavy (non-hydrogen) atoms. The van der Waals surface area contributed by atoms with Gasteiger partial charge in [-0.2, -0.15) is 0 Å². The van der Waals surface area contributed by atoms with Crippen LogP contribution in [0.3, 0.4) is 0 Å². The number of hydrogen-bond acceptors (Lipinski definition) is 7. The SMILES string of the molecule is CC(C)CC(=O)O[C@H]1CC[C@]2(C)[C@H]3CC[C@]45C[C@]4(CC[C@H]5[C@@H]4C[C@H]([C@H](O)C(C)(C)O)O[C@@H]4O)[C@]3(C)[C@H](O)C[C@H]2C1(C)C. The summed E-state index contributed by atoms with van der Waals surface area (Å²) >= 11 is 0. The van der Waals surface area contributed by atoms with Crippen molar-refractivity contribution in [3.05, 3.63) is 0 Å². The summed E-state index contributed by atoms with van der Waals surface area (Å²) in [5.74, 6) is 1.09. The van der Waals surface area contributed by atoms with Crippen molar-refractivity contribution in [2.24, 2.45) is 56.7 Å². The number of ether oxygens (including phenoxy) is 2. The summed E-state index contributed by atoms with van der Waals surface area (Å²) in [5.41, 5.74) is -1.46. The van der Waals surface area contributed by atoms with Crippen molar-refractivity contribution in [1.82, 2.24) is 0 Å². The molecule has 5 saturated carbocycles. The second kappa shape index (κ2) is 9.64. The van der Waals surface area contributed by atoms with Gasteiger partial charge in [0.25, 0.3) is 0 Å². The third kappa shape index (κ3) is 4.04. The molecule has 7 nitrogen and oxygen atoms in total. The molecule has 13 atom stereocenters. The number of carbonyl (C=O) groups excluding carboxylic acids is 1. The van der Waals surface area contributed by atoms with Gasteiger partial charge in [0.15, 0.2) is 6.29 Å². The van der Waals surface area contributed by atoms with Gasteiger partial charge in [-0.1, -0.05) is 41.5 Å². The number of rotatable bonds is 6. The van der Waals surface area contributed by atoms with Gasteiger partial charge >= 0.3 is 5.97 Å². The lowest BCUT2D eigenvalue weighted by Crippen LogP contribution is -2.66. The van der Waals surface area contributed by atoms with E-state index in [0.717, 1.165) is 51.4 Å². The second-order valence-corrected chi connectivity index (χ2v) is 17.7. The Kier molecular flexibility index (Phi) is 7.17. The lowest BCUT2D eigenvalue weighted by Gasteiger charge is -2.68. The molecule has 0 aromatic carbocycles. The van der Waals surface area contributed by atoms with Crippen LogP contribution >= 0.6 is 0 Å². The molecule has 0 aromatic rings. The normalized spacial score (nSPS) is 51.7. The van der Waals surface area contributed by atoms with Crippen LogP contribution in [-0.4, -0.2) is 62.7 Å². The van der Waals surface area contributed by atoms with Crippen LogP contribution in [-0.2, 0) is 14.3 Å². The van der Waals surface area contributed by atoms with E-state index in [-0.39, 0.29) is 56.9 Å². The Hall–Kier alpha value is -0.730. The van der Waals surface area contributed by atoms with Crippen molar-refractivity contribution in [1.29, 1.82) is 0 Å². The van der Waals surface area contributed by atoms with Gasteiger partial charge in [-0.15, -0.1) is 0 Å². The zero-order valence-corrected chi connectivity index (χ0v) is 27.4. The van der Waals surface area contributed by atoms with Gasteiger partial charge in [0.05, 0.1) is 17.8 Å². The Labute approximate surface area is 253 Å². The lowest BCUT2D eigenvalue weighted by atomic mass is 9.37. The van der Waals surface area contributed by atoms with Crippen molar-refractivity contribution < 1.29 is 34.7 Å². The fourth-order valence-electron chi connectivity index (χ4n) is 12.7. The summed E-state index contributed by atoms with van der Waals surface area (Å²) < 4.78 is 12.0. The molecule has 0 unspecified atom stereocenters. The predicted octanol–water partition coefficient (Wildman–Crippen LogP) is 5.21. The van der Waals surface area contributed by atoms with Gasteiger partial charge in [0.1, 0.15) is 12.2 Å². The zero-order valence-electron chi connectivity index (χ0n) is 27.4. The molecule has 6 rings (SSSR count). The van der Waals surface area contributed by atoms with Crippen LogP contribution in [0.1, 0.15) is 120 Å². The third-order valence-corrected chi connectivity index (χ3v) is 14.7. The number of carbonyl (C=O) groups is 1. The van der Waals surface area contributed by atoms with Crippen LogP contribution in [0.25, 0.3) is 0 Å². The van der Waals surface area contributed by atoms with Crippen LogP contribution < -0.4 is 0 Å². The van der Waals surface area contributed by atoms with Crippen molar-refractivity contribution in [3.8, 4) is 0 Å². The van der Waals surface area contributed by atoms with Crippen LogP contribution in [0.15, 0.2) is 0 Å². The van der Waals surface area contributed by atoms with Gasteiger partial charge in [-0.25, -0.2) is 0 Å². The molecular formula is C35H58O7. The van der Waals surface area contributed by atoms with Gasteiger partial charge in [0, 0.05) is 23.2 Å². The number of aliphatic hydroxyl groups excluding tert-OH is 3. The first kappa shape index (κ1) is 31.3. The molecule has 0 aromatic heterocycles. The van der Waals surface area contributed by atoms with Crippen molar-refractivity contribution in [3.63, 3.8) is 0 Å². The number of aliphatic hydroxyl groups is 4. The van der Waals surface area contributed by atoms with Gasteiger partial charge in [0.2, 0.25) is 0 Å². The van der Waals surface area contributed by atoms with E-state index in [1.807, 2.05) is 0 Å². The molecule has 6 fully saturated rings. The van der Waals surface area contributed by atoms with Crippen LogP contribution in [0, 0.1) is 56.7 Å². The first-order valence-corrected chi connectivity index (χ1v) is 17.0. The largest absolute Gasteiger partial charge is 0.462 e. The summed E-state index contributed by atoms with van der Waals surface area (Å²) in [6.07, 6.45) is 5.95. The van der Waals surface area contributed by atoms with Gasteiger partial charge < -0.3 is 29.9 Å². The van der Waals surface area contributed by atoms with E-state index in [9.17, 15) is 25.2 Å². The highest BCUT2D eigenvalue weighted by molar-refractivity contribution is 5.69. The summed E-state index contributed by atoms with van der Waals surface area (Å²) in [4.78, 5) is 12.7. The topological polar surface area (TPSA) is 116 Å². The molecule has 7 heteroatoms. The van der Waals surface area contributed by atoms with E-state index in [0.29, 0.717) is 24.7 Å². The smallest absolute Gasteiger partial charge is 0.306 e. The van der Waals surface area contributed by atoms with Crippen LogP contribution in [0.2, 0.25) is 0 Å². The molecule has 4 N–H and O–H groups in total. The number of fused-ring (bicyclic) bond motifs is 3. The van der Waals surface area contributed by atoms with Crippen molar-refractivity contribution in [2.75, 3.05) is 0 Å². The van der Waals surface area contributed by atoms with E-state index >= 15 is 0 Å². The predicted molar refractivity (Wildman–Crippen MR) is 159 cm³/mol. The van der Waals surface area contributed by atoms with Gasteiger partial charge in [-0.05, 0) is 112 Å². The fraction of sp³-hybridized carbons (Fsp3) is 0.971. The fourth-order valence-corrected chi connectivity index (χ4v) is 12.7. The Morgan fingerprint density at radius 2 is 1.69 bits per heavy atom. The van der Waals surface area contributed by atoms with E-state index in [1.165, 1.54) is 0 Å². The summed E-state index contributed by atoms with van der Waals surface area (Å²) in [6, 6.07) is 0. The maximum atomic E-state index is 12.7. The summed E-state index contributed by atoms with van der Waals surface area (Å²) in [7, 11) is 0. The first-order valence-electron chi connectivity index (χ1n) is 17.0. The minimum absolute atomic E-state index is 0.0597. The quantitative estimate of drug-likeness (QED) is 0.314. The molecule has 5 aliphatic carbocycles. The third-order valence-electron chi connectivity index (χ3n) is 14.7. The van der Waals surface area contributed by atoms with Gasteiger partial charge in [-0.3, -0.25) is 4.79 Å². The first-order chi connectivity index (χ1) is 19.3. The minimum Gasteiger partial charge on any atom is -0.462 e.